The van der Waals surface area contributed by atoms with Crippen LogP contribution < -0.4 is 0 Å². The molecule has 0 aromatic heterocycles. The Balaban J connectivity index is 2.49. The van der Waals surface area contributed by atoms with Gasteiger partial charge in [0.15, 0.2) is 5.79 Å². The molecule has 0 unspecified atom stereocenters. The summed E-state index contributed by atoms with van der Waals surface area (Å²) in [5.41, 5.74) is 3.41. The van der Waals surface area contributed by atoms with Crippen LogP contribution in [0.5, 0.6) is 0 Å². The van der Waals surface area contributed by atoms with E-state index in [1.165, 1.54) is 0 Å². The fourth-order valence-electron chi connectivity index (χ4n) is 3.29. The average molecular weight is 590 g/mol. The van der Waals surface area contributed by atoms with Gasteiger partial charge in [0.05, 0.1) is 29.4 Å². The van der Waals surface area contributed by atoms with E-state index < -0.39 is 21.9 Å². The zero-order valence-corrected chi connectivity index (χ0v) is 22.7. The highest BCUT2D eigenvalue weighted by Crippen LogP contribution is 2.53. The van der Waals surface area contributed by atoms with Crippen molar-refractivity contribution in [3.05, 3.63) is 17.6 Å². The molecule has 0 radical (unpaired) electrons. The van der Waals surface area contributed by atoms with E-state index in [2.05, 4.69) is 84.5 Å². The maximum atomic E-state index is 6.08. The van der Waals surface area contributed by atoms with E-state index in [-0.39, 0.29) is 5.41 Å². The molecular weight excluding hydrogens is 558 g/mol. The molecule has 1 spiro atoms. The molecule has 1 saturated carbocycles. The van der Waals surface area contributed by atoms with Crippen molar-refractivity contribution in [2.75, 3.05) is 13.2 Å². The van der Waals surface area contributed by atoms with Gasteiger partial charge in [-0.05, 0) is 44.2 Å². The normalized spacial score (nSPS) is 28.2. The van der Waals surface area contributed by atoms with Gasteiger partial charge in [-0.1, -0.05) is 84.5 Å². The Morgan fingerprint density at radius 2 is 1.12 bits per heavy atom. The minimum absolute atomic E-state index is 0.145. The molecule has 1 heterocycles. The zero-order chi connectivity index (χ0) is 18.6. The standard InChI is InChI=1S/C18H32I2O2Si2/c1-17(2)21-11-18(12-22-17)9-13(15(19)23(3,4)5)14(10-18)16(20)24(6,7)8/h9-12H2,1-8H3/b15-13-,16-14+. The van der Waals surface area contributed by atoms with Crippen molar-refractivity contribution in [3.8, 4) is 0 Å². The molecule has 138 valence electrons. The molecule has 1 saturated heterocycles. The predicted molar refractivity (Wildman–Crippen MR) is 126 cm³/mol. The fourth-order valence-corrected chi connectivity index (χ4v) is 6.61. The smallest absolute Gasteiger partial charge is 0.162 e. The Hall–Kier alpha value is 1.29. The molecule has 0 bridgehead atoms. The third-order valence-corrected chi connectivity index (χ3v) is 19.0. The average Bonchev–Trinajstić information content (AvgIpc) is 2.79. The van der Waals surface area contributed by atoms with Crippen LogP contribution in [0, 0.1) is 5.41 Å². The summed E-state index contributed by atoms with van der Waals surface area (Å²) in [5.74, 6) is -0.431. The van der Waals surface area contributed by atoms with Gasteiger partial charge in [0.2, 0.25) is 0 Å². The van der Waals surface area contributed by atoms with Crippen LogP contribution >= 0.6 is 45.2 Å². The van der Waals surface area contributed by atoms with Crippen molar-refractivity contribution in [2.45, 2.75) is 71.8 Å². The van der Waals surface area contributed by atoms with Crippen molar-refractivity contribution >= 4 is 61.3 Å². The summed E-state index contributed by atoms with van der Waals surface area (Å²) in [5, 5.41) is 0. The van der Waals surface area contributed by atoms with Crippen LogP contribution in [-0.4, -0.2) is 35.1 Å². The van der Waals surface area contributed by atoms with Crippen LogP contribution in [0.25, 0.3) is 0 Å². The summed E-state index contributed by atoms with van der Waals surface area (Å²) < 4.78 is 15.4. The van der Waals surface area contributed by atoms with Crippen molar-refractivity contribution in [3.63, 3.8) is 0 Å². The molecule has 6 heteroatoms. The second kappa shape index (κ2) is 7.03. The van der Waals surface area contributed by atoms with Gasteiger partial charge in [-0.2, -0.15) is 0 Å². The first-order valence-electron chi connectivity index (χ1n) is 8.73. The summed E-state index contributed by atoms with van der Waals surface area (Å²) in [7, 11) is -2.64. The third kappa shape index (κ3) is 4.76. The Kier molecular flexibility index (Phi) is 6.33. The number of hydrogen-bond donors (Lipinski definition) is 0. The molecule has 0 aromatic rings. The van der Waals surface area contributed by atoms with E-state index in [0.29, 0.717) is 0 Å². The summed E-state index contributed by atoms with van der Waals surface area (Å²) in [6.45, 7) is 20.5. The van der Waals surface area contributed by atoms with Crippen LogP contribution in [0.3, 0.4) is 0 Å². The Morgan fingerprint density at radius 3 is 1.42 bits per heavy atom. The molecule has 1 aliphatic carbocycles. The third-order valence-electron chi connectivity index (χ3n) is 4.77. The lowest BCUT2D eigenvalue weighted by Crippen LogP contribution is -2.45. The van der Waals surface area contributed by atoms with Gasteiger partial charge >= 0.3 is 0 Å². The highest BCUT2D eigenvalue weighted by atomic mass is 127. The van der Waals surface area contributed by atoms with Gasteiger partial charge in [0, 0.05) is 5.41 Å². The highest BCUT2D eigenvalue weighted by Gasteiger charge is 2.48. The maximum absolute atomic E-state index is 6.08. The van der Waals surface area contributed by atoms with E-state index in [9.17, 15) is 0 Å². The number of rotatable bonds is 2. The highest BCUT2D eigenvalue weighted by molar-refractivity contribution is 14.1. The second-order valence-corrected chi connectivity index (χ2v) is 24.1. The Morgan fingerprint density at radius 1 is 0.792 bits per heavy atom. The Bertz CT molecular complexity index is 531. The molecule has 0 N–H and O–H groups in total. The van der Waals surface area contributed by atoms with E-state index in [1.807, 2.05) is 13.8 Å². The SMILES string of the molecule is CC1(C)OCC2(CO1)CC(=C(/I)[Si](C)(C)C)/C(=C(/I)[Si](C)(C)C)C2. The van der Waals surface area contributed by atoms with Gasteiger partial charge in [-0.3, -0.25) is 0 Å². The topological polar surface area (TPSA) is 18.5 Å². The van der Waals surface area contributed by atoms with Crippen molar-refractivity contribution < 1.29 is 9.47 Å². The van der Waals surface area contributed by atoms with Gasteiger partial charge in [-0.25, -0.2) is 0 Å². The molecule has 2 nitrogen and oxygen atoms in total. The predicted octanol–water partition coefficient (Wildman–Crippen LogP) is 6.68. The monoisotopic (exact) mass is 590 g/mol. The van der Waals surface area contributed by atoms with E-state index in [1.54, 1.807) is 17.6 Å². The molecular formula is C18H32I2O2Si2. The second-order valence-electron chi connectivity index (χ2n) is 9.92. The van der Waals surface area contributed by atoms with Crippen molar-refractivity contribution in [1.29, 1.82) is 0 Å². The van der Waals surface area contributed by atoms with Crippen LogP contribution in [0.15, 0.2) is 17.6 Å². The molecule has 0 aromatic carbocycles. The van der Waals surface area contributed by atoms with Crippen molar-refractivity contribution in [2.24, 2.45) is 5.41 Å². The maximum Gasteiger partial charge on any atom is 0.162 e. The largest absolute Gasteiger partial charge is 0.350 e. The first-order chi connectivity index (χ1) is 10.7. The molecule has 0 amide bonds. The minimum atomic E-state index is -1.32. The van der Waals surface area contributed by atoms with E-state index in [4.69, 9.17) is 9.47 Å². The molecule has 2 aliphatic rings. The molecule has 2 fully saturated rings. The van der Waals surface area contributed by atoms with Crippen LogP contribution in [0.4, 0.5) is 0 Å². The van der Waals surface area contributed by atoms with Gasteiger partial charge in [-0.15, -0.1) is 0 Å². The van der Waals surface area contributed by atoms with E-state index in [0.717, 1.165) is 26.1 Å². The number of allylic oxidation sites excluding steroid dienone is 2. The van der Waals surface area contributed by atoms with Gasteiger partial charge in [0.1, 0.15) is 0 Å². The quantitative estimate of drug-likeness (QED) is 0.264. The molecule has 24 heavy (non-hydrogen) atoms. The number of hydrogen-bond acceptors (Lipinski definition) is 2. The lowest BCUT2D eigenvalue weighted by atomic mass is 9.86. The van der Waals surface area contributed by atoms with Crippen LogP contribution in [0.1, 0.15) is 26.7 Å². The summed E-state index contributed by atoms with van der Waals surface area (Å²) in [6.07, 6.45) is 2.25. The molecule has 1 aliphatic heterocycles. The van der Waals surface area contributed by atoms with Crippen molar-refractivity contribution in [1.82, 2.24) is 0 Å². The minimum Gasteiger partial charge on any atom is -0.350 e. The lowest BCUT2D eigenvalue weighted by molar-refractivity contribution is -0.283. The van der Waals surface area contributed by atoms with Crippen LogP contribution in [0.2, 0.25) is 39.3 Å². The number of ether oxygens (including phenoxy) is 2. The number of halogens is 2. The van der Waals surface area contributed by atoms with Crippen LogP contribution in [-0.2, 0) is 9.47 Å². The van der Waals surface area contributed by atoms with Gasteiger partial charge < -0.3 is 9.47 Å². The first-order valence-corrected chi connectivity index (χ1v) is 17.9. The lowest BCUT2D eigenvalue weighted by Gasteiger charge is -2.41. The zero-order valence-electron chi connectivity index (χ0n) is 16.4. The molecule has 0 atom stereocenters. The fraction of sp³-hybridized carbons (Fsp3) is 0.778. The Labute approximate surface area is 177 Å². The molecule has 2 rings (SSSR count). The first kappa shape index (κ1) is 21.6. The van der Waals surface area contributed by atoms with E-state index >= 15 is 0 Å². The summed E-state index contributed by atoms with van der Waals surface area (Å²) in [6, 6.07) is 0. The summed E-state index contributed by atoms with van der Waals surface area (Å²) in [4.78, 5) is 0. The van der Waals surface area contributed by atoms with Gasteiger partial charge in [0.25, 0.3) is 0 Å². The summed E-state index contributed by atoms with van der Waals surface area (Å²) >= 11 is 5.30.